The largest absolute Gasteiger partial charge is 0.480 e. The molecule has 2 fully saturated rings. The van der Waals surface area contributed by atoms with Crippen LogP contribution in [-0.4, -0.2) is 44.3 Å². The zero-order valence-corrected chi connectivity index (χ0v) is 22.9. The molecule has 2 aromatic rings. The normalized spacial score (nSPS) is 21.6. The lowest BCUT2D eigenvalue weighted by molar-refractivity contribution is -0.140. The third kappa shape index (κ3) is 7.25. The van der Waals surface area contributed by atoms with Gasteiger partial charge in [0.05, 0.1) is 10.4 Å². The summed E-state index contributed by atoms with van der Waals surface area (Å²) in [6.07, 6.45) is 13.5. The number of anilines is 1. The average Bonchev–Trinajstić information content (AvgIpc) is 3.32. The van der Waals surface area contributed by atoms with Crippen molar-refractivity contribution in [2.75, 3.05) is 11.9 Å². The lowest BCUT2D eigenvalue weighted by Gasteiger charge is -2.36. The van der Waals surface area contributed by atoms with Crippen LogP contribution < -0.4 is 5.32 Å². The number of unbranched alkanes of at least 4 members (excludes halogenated alkanes) is 1. The summed E-state index contributed by atoms with van der Waals surface area (Å²) in [7, 11) is 0. The van der Waals surface area contributed by atoms with Crippen molar-refractivity contribution < 1.29 is 14.7 Å². The quantitative estimate of drug-likeness (QED) is 0.312. The van der Waals surface area contributed by atoms with Gasteiger partial charge >= 0.3 is 12.0 Å². The number of thioether (sulfide) groups is 1. The molecule has 0 bridgehead atoms. The summed E-state index contributed by atoms with van der Waals surface area (Å²) in [5, 5.41) is 13.5. The van der Waals surface area contributed by atoms with E-state index in [4.69, 9.17) is 0 Å². The molecule has 0 radical (unpaired) electrons. The number of carbonyl (C=O) groups excluding carboxylic acids is 1. The maximum atomic E-state index is 13.4. The molecule has 1 heterocycles. The van der Waals surface area contributed by atoms with E-state index in [1.54, 1.807) is 6.20 Å². The number of nitrogens with zero attached hydrogens (tertiary/aromatic N) is 2. The van der Waals surface area contributed by atoms with Crippen molar-refractivity contribution in [3.8, 4) is 0 Å². The minimum absolute atomic E-state index is 0.0780. The van der Waals surface area contributed by atoms with Gasteiger partial charge in [0, 0.05) is 12.6 Å². The van der Waals surface area contributed by atoms with Gasteiger partial charge in [0.2, 0.25) is 0 Å². The van der Waals surface area contributed by atoms with Crippen LogP contribution in [0, 0.1) is 5.92 Å². The van der Waals surface area contributed by atoms with E-state index in [-0.39, 0.29) is 12.1 Å². The zero-order valence-electron chi connectivity index (χ0n) is 21.3. The number of nitrogens with one attached hydrogen (secondary N) is 1. The van der Waals surface area contributed by atoms with E-state index in [2.05, 4.69) is 41.5 Å². The molecule has 1 aromatic carbocycles. The van der Waals surface area contributed by atoms with Gasteiger partial charge in [0.15, 0.2) is 5.13 Å². The summed E-state index contributed by atoms with van der Waals surface area (Å²) in [5.74, 6) is -0.0106. The summed E-state index contributed by atoms with van der Waals surface area (Å²) >= 11 is 2.80. The van der Waals surface area contributed by atoms with Crippen molar-refractivity contribution >= 4 is 40.2 Å². The molecule has 2 N–H and O–H groups in total. The summed E-state index contributed by atoms with van der Waals surface area (Å²) in [6, 6.07) is 10.7. The molecule has 6 nitrogen and oxygen atoms in total. The summed E-state index contributed by atoms with van der Waals surface area (Å²) in [6.45, 7) is 3.04. The lowest BCUT2D eigenvalue weighted by Crippen LogP contribution is -2.45. The highest BCUT2D eigenvalue weighted by atomic mass is 32.2. The van der Waals surface area contributed by atoms with Crippen LogP contribution in [0.3, 0.4) is 0 Å². The zero-order chi connectivity index (χ0) is 25.4. The molecule has 196 valence electrons. The lowest BCUT2D eigenvalue weighted by atomic mass is 9.86. The van der Waals surface area contributed by atoms with E-state index >= 15 is 0 Å². The van der Waals surface area contributed by atoms with Crippen molar-refractivity contribution in [3.63, 3.8) is 0 Å². The molecule has 4 rings (SSSR count). The monoisotopic (exact) mass is 529 g/mol. The van der Waals surface area contributed by atoms with Crippen molar-refractivity contribution in [2.45, 2.75) is 99.0 Å². The molecule has 2 amide bonds. The highest BCUT2D eigenvalue weighted by molar-refractivity contribution is 8.03. The number of hydrogen-bond donors (Lipinski definition) is 2. The molecule has 2 aliphatic rings. The van der Waals surface area contributed by atoms with Crippen molar-refractivity contribution in [1.82, 2.24) is 9.88 Å². The Bertz CT molecular complexity index is 983. The molecular weight excluding hydrogens is 490 g/mol. The van der Waals surface area contributed by atoms with Crippen LogP contribution in [0.15, 0.2) is 40.7 Å². The van der Waals surface area contributed by atoms with Crippen LogP contribution in [0.1, 0.15) is 83.1 Å². The van der Waals surface area contributed by atoms with E-state index in [9.17, 15) is 14.7 Å². The maximum Gasteiger partial charge on any atom is 0.323 e. The predicted octanol–water partition coefficient (Wildman–Crippen LogP) is 7.46. The molecule has 0 aliphatic heterocycles. The number of urea groups is 1. The average molecular weight is 530 g/mol. The number of aryl methyl sites for hydroxylation is 1. The van der Waals surface area contributed by atoms with Gasteiger partial charge < -0.3 is 10.0 Å². The van der Waals surface area contributed by atoms with Gasteiger partial charge in [-0.3, -0.25) is 10.1 Å². The topological polar surface area (TPSA) is 82.5 Å². The summed E-state index contributed by atoms with van der Waals surface area (Å²) < 4.78 is 0.0887. The van der Waals surface area contributed by atoms with Crippen LogP contribution in [0.5, 0.6) is 0 Å². The van der Waals surface area contributed by atoms with Gasteiger partial charge in [0.25, 0.3) is 0 Å². The Morgan fingerprint density at radius 2 is 1.83 bits per heavy atom. The smallest absolute Gasteiger partial charge is 0.323 e. The Balaban J connectivity index is 1.36. The maximum absolute atomic E-state index is 13.4. The SMILES string of the molecule is CC1CCC(N(CCCCc2ccccc2)C(=O)Nc2ncc(SC3(C(=O)O)CCCCC3)s2)CC1. The van der Waals surface area contributed by atoms with Crippen molar-refractivity contribution in [2.24, 2.45) is 5.92 Å². The molecule has 0 atom stereocenters. The second-order valence-corrected chi connectivity index (χ2v) is 13.1. The van der Waals surface area contributed by atoms with Crippen molar-refractivity contribution in [3.05, 3.63) is 42.1 Å². The van der Waals surface area contributed by atoms with E-state index < -0.39 is 10.7 Å². The van der Waals surface area contributed by atoms with Crippen LogP contribution in [0.2, 0.25) is 0 Å². The number of rotatable bonds is 10. The van der Waals surface area contributed by atoms with Gasteiger partial charge in [-0.15, -0.1) is 0 Å². The van der Waals surface area contributed by atoms with Gasteiger partial charge in [-0.25, -0.2) is 9.78 Å². The number of carboxylic acids is 1. The number of benzene rings is 1. The molecule has 8 heteroatoms. The number of aliphatic carboxylic acids is 1. The van der Waals surface area contributed by atoms with Gasteiger partial charge in [-0.05, 0) is 69.3 Å². The third-order valence-electron chi connectivity index (χ3n) is 7.69. The summed E-state index contributed by atoms with van der Waals surface area (Å²) in [4.78, 5) is 31.9. The van der Waals surface area contributed by atoms with Crippen LogP contribution in [0.4, 0.5) is 9.93 Å². The number of hydrogen-bond acceptors (Lipinski definition) is 5. The van der Waals surface area contributed by atoms with Crippen LogP contribution in [-0.2, 0) is 11.2 Å². The Labute approximate surface area is 223 Å². The number of thiazole rings is 1. The van der Waals surface area contributed by atoms with E-state index in [1.807, 2.05) is 11.0 Å². The second-order valence-electron chi connectivity index (χ2n) is 10.4. The third-order valence-corrected chi connectivity index (χ3v) is 10.2. The van der Waals surface area contributed by atoms with E-state index in [1.165, 1.54) is 28.7 Å². The minimum atomic E-state index is -0.768. The van der Waals surface area contributed by atoms with Gasteiger partial charge in [-0.2, -0.15) is 0 Å². The first-order valence-electron chi connectivity index (χ1n) is 13.4. The summed E-state index contributed by atoms with van der Waals surface area (Å²) in [5.41, 5.74) is 1.34. The Kier molecular flexibility index (Phi) is 9.71. The first kappa shape index (κ1) is 27.0. The molecule has 0 spiro atoms. The molecule has 2 saturated carbocycles. The predicted molar refractivity (Wildman–Crippen MR) is 148 cm³/mol. The van der Waals surface area contributed by atoms with Crippen LogP contribution >= 0.6 is 23.1 Å². The first-order chi connectivity index (χ1) is 17.4. The van der Waals surface area contributed by atoms with E-state index in [0.717, 1.165) is 80.9 Å². The fourth-order valence-corrected chi connectivity index (χ4v) is 7.96. The molecule has 0 unspecified atom stereocenters. The standard InChI is InChI=1S/C28H39N3O3S2/c1-21-13-15-23(16-14-21)31(19-9-6-12-22-10-4-2-5-11-22)27(34)30-26-29-20-24(35-26)36-28(25(32)33)17-7-3-8-18-28/h2,4-5,10-11,20-21,23H,3,6-9,12-19H2,1H3,(H,32,33)(H,29,30,34). The molecular formula is C28H39N3O3S2. The molecule has 36 heavy (non-hydrogen) atoms. The molecule has 2 aliphatic carbocycles. The van der Waals surface area contributed by atoms with E-state index in [0.29, 0.717) is 18.0 Å². The Morgan fingerprint density at radius 3 is 2.53 bits per heavy atom. The molecule has 1 aromatic heterocycles. The van der Waals surface area contributed by atoms with Gasteiger partial charge in [-0.1, -0.05) is 79.6 Å². The fraction of sp³-hybridized carbons (Fsp3) is 0.607. The van der Waals surface area contributed by atoms with Gasteiger partial charge in [0.1, 0.15) is 4.75 Å². The second kappa shape index (κ2) is 13.0. The highest BCUT2D eigenvalue weighted by Crippen LogP contribution is 2.46. The number of carbonyl (C=O) groups is 2. The van der Waals surface area contributed by atoms with Crippen molar-refractivity contribution in [1.29, 1.82) is 0 Å². The number of aromatic nitrogens is 1. The minimum Gasteiger partial charge on any atom is -0.480 e. The molecule has 0 saturated heterocycles. The Morgan fingerprint density at radius 1 is 1.11 bits per heavy atom. The van der Waals surface area contributed by atoms with Crippen LogP contribution in [0.25, 0.3) is 0 Å². The number of amides is 2. The highest BCUT2D eigenvalue weighted by Gasteiger charge is 2.41. The first-order valence-corrected chi connectivity index (χ1v) is 15.1. The number of carboxylic acid groups (broad SMARTS) is 1. The fourth-order valence-electron chi connectivity index (χ4n) is 5.46. The Hall–Kier alpha value is -2.06.